The summed E-state index contributed by atoms with van der Waals surface area (Å²) in [5.74, 6) is 1.05. The second-order valence-corrected chi connectivity index (χ2v) is 5.92. The lowest BCUT2D eigenvalue weighted by atomic mass is 10.0. The van der Waals surface area contributed by atoms with Crippen LogP contribution in [0.3, 0.4) is 0 Å². The molecule has 0 aromatic heterocycles. The van der Waals surface area contributed by atoms with Gasteiger partial charge in [-0.1, -0.05) is 44.2 Å². The predicted molar refractivity (Wildman–Crippen MR) is 103 cm³/mol. The fourth-order valence-corrected chi connectivity index (χ4v) is 2.43. The number of likely N-dealkylation sites (N-methyl/N-ethyl adjacent to an activating group) is 1. The standard InChI is InChI=1S/C19H25NO3.C2H6/c1-14(13-23-18-7-5-4-6-8-18)20(3)15(2)19(22)16-9-11-17(21)12-10-16;1-2/h4-12,14-15,19,21-22H,13H2,1-3H3;1-2H3. The van der Waals surface area contributed by atoms with Crippen molar-refractivity contribution in [2.24, 2.45) is 0 Å². The first-order valence-electron chi connectivity index (χ1n) is 8.86. The molecule has 2 aromatic carbocycles. The highest BCUT2D eigenvalue weighted by atomic mass is 16.5. The van der Waals surface area contributed by atoms with Crippen molar-refractivity contribution in [3.8, 4) is 11.5 Å². The Labute approximate surface area is 151 Å². The molecule has 0 radical (unpaired) electrons. The van der Waals surface area contributed by atoms with Crippen molar-refractivity contribution in [1.29, 1.82) is 0 Å². The molecule has 0 aliphatic rings. The molecule has 2 aromatic rings. The first-order valence-corrected chi connectivity index (χ1v) is 8.86. The number of phenolic OH excluding ortho intramolecular Hbond substituents is 1. The third-order valence-corrected chi connectivity index (χ3v) is 4.26. The third-order valence-electron chi connectivity index (χ3n) is 4.26. The number of aromatic hydroxyl groups is 1. The Morgan fingerprint density at radius 2 is 1.52 bits per heavy atom. The number of hydrogen-bond acceptors (Lipinski definition) is 4. The molecular weight excluding hydrogens is 314 g/mol. The van der Waals surface area contributed by atoms with Crippen LogP contribution in [0, 0.1) is 0 Å². The van der Waals surface area contributed by atoms with Crippen LogP contribution < -0.4 is 4.74 Å². The van der Waals surface area contributed by atoms with Gasteiger partial charge in [0, 0.05) is 12.1 Å². The minimum Gasteiger partial charge on any atom is -0.508 e. The van der Waals surface area contributed by atoms with Gasteiger partial charge >= 0.3 is 0 Å². The van der Waals surface area contributed by atoms with Crippen molar-refractivity contribution >= 4 is 0 Å². The highest BCUT2D eigenvalue weighted by Crippen LogP contribution is 2.23. The fourth-order valence-electron chi connectivity index (χ4n) is 2.43. The van der Waals surface area contributed by atoms with Crippen molar-refractivity contribution in [3.05, 3.63) is 60.2 Å². The zero-order valence-electron chi connectivity index (χ0n) is 15.9. The molecule has 2 rings (SSSR count). The van der Waals surface area contributed by atoms with E-state index < -0.39 is 6.10 Å². The van der Waals surface area contributed by atoms with Gasteiger partial charge in [-0.25, -0.2) is 0 Å². The molecule has 0 aliphatic heterocycles. The number of hydrogen-bond donors (Lipinski definition) is 2. The fraction of sp³-hybridized carbons (Fsp3) is 0.429. The predicted octanol–water partition coefficient (Wildman–Crippen LogP) is 4.24. The van der Waals surface area contributed by atoms with Crippen LogP contribution in [0.25, 0.3) is 0 Å². The van der Waals surface area contributed by atoms with Gasteiger partial charge in [0.25, 0.3) is 0 Å². The van der Waals surface area contributed by atoms with E-state index in [1.807, 2.05) is 58.2 Å². The van der Waals surface area contributed by atoms with E-state index in [-0.39, 0.29) is 17.8 Å². The molecule has 0 saturated heterocycles. The number of aliphatic hydroxyl groups excluding tert-OH is 1. The number of phenols is 1. The first-order chi connectivity index (χ1) is 12.0. The van der Waals surface area contributed by atoms with Crippen molar-refractivity contribution in [3.63, 3.8) is 0 Å². The number of benzene rings is 2. The largest absolute Gasteiger partial charge is 0.508 e. The molecule has 0 heterocycles. The van der Waals surface area contributed by atoms with Gasteiger partial charge in [-0.2, -0.15) is 0 Å². The molecule has 2 N–H and O–H groups in total. The van der Waals surface area contributed by atoms with E-state index in [2.05, 4.69) is 11.8 Å². The van der Waals surface area contributed by atoms with Gasteiger partial charge in [0.15, 0.2) is 0 Å². The second-order valence-electron chi connectivity index (χ2n) is 5.92. The summed E-state index contributed by atoms with van der Waals surface area (Å²) in [6.45, 7) is 8.60. The molecule has 4 nitrogen and oxygen atoms in total. The summed E-state index contributed by atoms with van der Waals surface area (Å²) >= 11 is 0. The molecule has 4 heteroatoms. The van der Waals surface area contributed by atoms with E-state index in [1.54, 1.807) is 24.3 Å². The molecule has 0 fully saturated rings. The summed E-state index contributed by atoms with van der Waals surface area (Å²) < 4.78 is 5.78. The van der Waals surface area contributed by atoms with E-state index in [0.29, 0.717) is 6.61 Å². The first kappa shape index (κ1) is 21.0. The van der Waals surface area contributed by atoms with Crippen molar-refractivity contribution in [1.82, 2.24) is 4.90 Å². The maximum Gasteiger partial charge on any atom is 0.119 e. The Balaban J connectivity index is 0.00000151. The summed E-state index contributed by atoms with van der Waals surface area (Å²) in [5, 5.41) is 19.9. The molecule has 138 valence electrons. The number of aliphatic hydroxyl groups is 1. The zero-order valence-corrected chi connectivity index (χ0v) is 15.9. The monoisotopic (exact) mass is 345 g/mol. The van der Waals surface area contributed by atoms with Crippen molar-refractivity contribution < 1.29 is 14.9 Å². The van der Waals surface area contributed by atoms with Gasteiger partial charge in [-0.3, -0.25) is 4.90 Å². The summed E-state index contributed by atoms with van der Waals surface area (Å²) in [5.41, 5.74) is 0.790. The van der Waals surface area contributed by atoms with Crippen LogP contribution in [-0.4, -0.2) is 40.9 Å². The van der Waals surface area contributed by atoms with E-state index >= 15 is 0 Å². The highest BCUT2D eigenvalue weighted by Gasteiger charge is 2.24. The molecule has 0 bridgehead atoms. The maximum atomic E-state index is 10.5. The second kappa shape index (κ2) is 10.7. The molecule has 0 amide bonds. The van der Waals surface area contributed by atoms with Crippen LogP contribution >= 0.6 is 0 Å². The van der Waals surface area contributed by atoms with E-state index in [0.717, 1.165) is 11.3 Å². The van der Waals surface area contributed by atoms with Crippen LogP contribution in [0.15, 0.2) is 54.6 Å². The molecule has 0 spiro atoms. The summed E-state index contributed by atoms with van der Waals surface area (Å²) in [6, 6.07) is 16.5. The van der Waals surface area contributed by atoms with Gasteiger partial charge in [-0.05, 0) is 50.7 Å². The number of nitrogens with zero attached hydrogens (tertiary/aromatic N) is 1. The Morgan fingerprint density at radius 1 is 0.960 bits per heavy atom. The normalized spacial score (nSPS) is 14.2. The quantitative estimate of drug-likeness (QED) is 0.788. The maximum absolute atomic E-state index is 10.5. The van der Waals surface area contributed by atoms with Crippen LogP contribution in [0.1, 0.15) is 39.4 Å². The Bertz CT molecular complexity index is 586. The molecule has 0 aliphatic carbocycles. The SMILES string of the molecule is CC.CC(COc1ccccc1)N(C)C(C)C(O)c1ccc(O)cc1. The average molecular weight is 345 g/mol. The summed E-state index contributed by atoms with van der Waals surface area (Å²) in [4.78, 5) is 2.10. The van der Waals surface area contributed by atoms with E-state index in [9.17, 15) is 10.2 Å². The van der Waals surface area contributed by atoms with Gasteiger partial charge in [0.05, 0.1) is 6.10 Å². The van der Waals surface area contributed by atoms with E-state index in [4.69, 9.17) is 4.74 Å². The van der Waals surface area contributed by atoms with Crippen LogP contribution in [0.2, 0.25) is 0 Å². The van der Waals surface area contributed by atoms with Crippen LogP contribution in [0.4, 0.5) is 0 Å². The molecule has 25 heavy (non-hydrogen) atoms. The van der Waals surface area contributed by atoms with Gasteiger partial charge in [-0.15, -0.1) is 0 Å². The summed E-state index contributed by atoms with van der Waals surface area (Å²) in [7, 11) is 1.98. The minimum atomic E-state index is -0.625. The Hall–Kier alpha value is -2.04. The lowest BCUT2D eigenvalue weighted by molar-refractivity contribution is 0.0402. The molecule has 3 atom stereocenters. The minimum absolute atomic E-state index is 0.0751. The molecular formula is C21H31NO3. The van der Waals surface area contributed by atoms with Crippen molar-refractivity contribution in [2.75, 3.05) is 13.7 Å². The van der Waals surface area contributed by atoms with Crippen LogP contribution in [0.5, 0.6) is 11.5 Å². The topological polar surface area (TPSA) is 52.9 Å². The van der Waals surface area contributed by atoms with Gasteiger partial charge in [0.1, 0.15) is 18.1 Å². The van der Waals surface area contributed by atoms with Crippen LogP contribution in [-0.2, 0) is 0 Å². The zero-order chi connectivity index (χ0) is 18.8. The third kappa shape index (κ3) is 6.40. The van der Waals surface area contributed by atoms with E-state index in [1.165, 1.54) is 0 Å². The van der Waals surface area contributed by atoms with Gasteiger partial charge < -0.3 is 14.9 Å². The lowest BCUT2D eigenvalue weighted by Crippen LogP contribution is -2.43. The number of rotatable bonds is 7. The Kier molecular flexibility index (Phi) is 9.03. The average Bonchev–Trinajstić information content (AvgIpc) is 2.67. The smallest absolute Gasteiger partial charge is 0.119 e. The van der Waals surface area contributed by atoms with Gasteiger partial charge in [0.2, 0.25) is 0 Å². The lowest BCUT2D eigenvalue weighted by Gasteiger charge is -2.33. The molecule has 0 saturated carbocycles. The number of ether oxygens (including phenoxy) is 1. The highest BCUT2D eigenvalue weighted by molar-refractivity contribution is 5.28. The van der Waals surface area contributed by atoms with Crippen molar-refractivity contribution in [2.45, 2.75) is 45.9 Å². The molecule has 3 unspecified atom stereocenters. The summed E-state index contributed by atoms with van der Waals surface area (Å²) in [6.07, 6.45) is -0.625. The number of para-hydroxylation sites is 1. The Morgan fingerprint density at radius 3 is 2.08 bits per heavy atom.